The molecule has 22 nitrogen and oxygen atoms in total. The standard InChI is InChI=1S/C62H60N2O20/c1-35-44(80-56(70)50(82-57(71)76-33-38-19-11-7-12-20-38)48(39-21-13-8-14-22-39)63-54(68)40-23-15-9-16-24-40)32-62(73)53(83-55(69)41-25-17-10-18-26-41)51-60(6,52(67)49(78-36(2)65)47(35)59(62,4)5)45(31-46-61(51,34-77-46)84-37(3)66)81-58(72)79-43-29-27-42(28-30-43)64(74)75/h7-30,44-46,48-51,53,73H,31-34H2,1-6H3,(H,63,68)/t44-,45-,46?,48-,49+,50+,51-,53-,60?,61?,62+/m0/s1. The van der Waals surface area contributed by atoms with E-state index in [1.807, 2.05) is 0 Å². The molecule has 9 rings (SSSR count). The van der Waals surface area contributed by atoms with E-state index < -0.39 is 143 Å². The highest BCUT2D eigenvalue weighted by molar-refractivity contribution is 5.97. The minimum Gasteiger partial charge on any atom is -0.455 e. The van der Waals surface area contributed by atoms with E-state index in [0.29, 0.717) is 5.56 Å². The van der Waals surface area contributed by atoms with Crippen molar-refractivity contribution in [1.29, 1.82) is 0 Å². The molecule has 5 aromatic rings. The van der Waals surface area contributed by atoms with Crippen LogP contribution >= 0.6 is 0 Å². The van der Waals surface area contributed by atoms with Gasteiger partial charge in [0.05, 0.1) is 28.4 Å². The van der Waals surface area contributed by atoms with Gasteiger partial charge >= 0.3 is 36.2 Å². The number of hydrogen-bond donors (Lipinski definition) is 2. The van der Waals surface area contributed by atoms with Gasteiger partial charge in [-0.05, 0) is 72.5 Å². The van der Waals surface area contributed by atoms with Gasteiger partial charge in [-0.2, -0.15) is 0 Å². The van der Waals surface area contributed by atoms with Crippen LogP contribution in [-0.2, 0) is 63.7 Å². The molecule has 2 N–H and O–H groups in total. The number of nitrogens with one attached hydrogen (secondary N) is 1. The second-order valence-corrected chi connectivity index (χ2v) is 21.7. The smallest absolute Gasteiger partial charge is 0.455 e. The molecule has 3 unspecified atom stereocenters. The lowest BCUT2D eigenvalue weighted by Crippen LogP contribution is -2.82. The molecular formula is C62H60N2O20. The second kappa shape index (κ2) is 23.9. The Labute approximate surface area is 481 Å². The summed E-state index contributed by atoms with van der Waals surface area (Å²) in [6, 6.07) is 35.1. The molecule has 1 heterocycles. The minimum absolute atomic E-state index is 0.0215. The van der Waals surface area contributed by atoms with Gasteiger partial charge in [-0.25, -0.2) is 19.2 Å². The molecule has 438 valence electrons. The van der Waals surface area contributed by atoms with Crippen LogP contribution in [0.3, 0.4) is 0 Å². The first kappa shape index (κ1) is 59.3. The first-order chi connectivity index (χ1) is 40.0. The Morgan fingerprint density at radius 2 is 1.35 bits per heavy atom. The molecule has 0 aromatic heterocycles. The number of nitro groups is 1. The number of carbonyl (C=O) groups is 8. The zero-order chi connectivity index (χ0) is 60.3. The lowest BCUT2D eigenvalue weighted by atomic mass is 9.44. The Morgan fingerprint density at radius 3 is 1.92 bits per heavy atom. The van der Waals surface area contributed by atoms with Gasteiger partial charge < -0.3 is 53.1 Å². The van der Waals surface area contributed by atoms with Crippen LogP contribution in [0.1, 0.15) is 92.3 Å². The van der Waals surface area contributed by atoms with Gasteiger partial charge in [0.1, 0.15) is 48.4 Å². The van der Waals surface area contributed by atoms with Crippen molar-refractivity contribution in [3.63, 3.8) is 0 Å². The summed E-state index contributed by atoms with van der Waals surface area (Å²) >= 11 is 0. The number of rotatable bonds is 16. The molecule has 1 aliphatic heterocycles. The highest BCUT2D eigenvalue weighted by Gasteiger charge is 2.79. The van der Waals surface area contributed by atoms with Crippen LogP contribution in [0.25, 0.3) is 0 Å². The molecule has 2 saturated carbocycles. The second-order valence-electron chi connectivity index (χ2n) is 21.7. The molecule has 1 saturated heterocycles. The summed E-state index contributed by atoms with van der Waals surface area (Å²) < 4.78 is 54.3. The SMILES string of the molecule is CC(=O)O[C@H]1C(=O)C2(C)[C@@H](OC(=O)Oc3ccc([N+](=O)[O-])cc3)CC3OCC3(OC(C)=O)[C@H]2[C@H](OC(=O)c2ccccc2)[C@]2(O)C[C@H](OC(=O)[C@H](OC(=O)OCc3ccccc3)[C@@H](NC(=O)c3ccccc3)c3ccccc3)C(C)=C1C2(C)C. The Kier molecular flexibility index (Phi) is 16.9. The largest absolute Gasteiger partial charge is 0.514 e. The summed E-state index contributed by atoms with van der Waals surface area (Å²) in [6.07, 6.45) is -14.8. The third kappa shape index (κ3) is 11.5. The number of non-ortho nitro benzene ring substituents is 1. The molecule has 4 aliphatic rings. The fourth-order valence-corrected chi connectivity index (χ4v) is 12.2. The van der Waals surface area contributed by atoms with E-state index in [0.717, 1.165) is 38.1 Å². The number of amides is 1. The van der Waals surface area contributed by atoms with Crippen molar-refractivity contribution in [3.8, 4) is 5.75 Å². The number of esters is 4. The number of hydrogen-bond acceptors (Lipinski definition) is 20. The lowest BCUT2D eigenvalue weighted by molar-refractivity contribution is -0.384. The summed E-state index contributed by atoms with van der Waals surface area (Å²) in [4.78, 5) is 127. The van der Waals surface area contributed by atoms with Crippen molar-refractivity contribution >= 4 is 53.6 Å². The molecule has 5 aromatic carbocycles. The van der Waals surface area contributed by atoms with Gasteiger partial charge in [-0.1, -0.05) is 111 Å². The average molecular weight is 1150 g/mol. The number of Topliss-reactive ketones (excluding diaryl/α,β-unsaturated/α-hetero) is 1. The Hall–Kier alpha value is -9.28. The quantitative estimate of drug-likeness (QED) is 0.0235. The van der Waals surface area contributed by atoms with Gasteiger partial charge in [0.25, 0.3) is 11.6 Å². The maximum atomic E-state index is 16.4. The van der Waals surface area contributed by atoms with Crippen molar-refractivity contribution in [2.24, 2.45) is 16.7 Å². The van der Waals surface area contributed by atoms with Crippen LogP contribution in [0.2, 0.25) is 0 Å². The van der Waals surface area contributed by atoms with E-state index in [9.17, 15) is 44.0 Å². The number of ketones is 1. The van der Waals surface area contributed by atoms with Gasteiger partial charge in [0.15, 0.2) is 17.5 Å². The average Bonchev–Trinajstić information content (AvgIpc) is 0.754. The predicted octanol–water partition coefficient (Wildman–Crippen LogP) is 8.23. The Bertz CT molecular complexity index is 3380. The van der Waals surface area contributed by atoms with E-state index in [4.69, 9.17) is 42.6 Å². The van der Waals surface area contributed by atoms with Crippen molar-refractivity contribution in [1.82, 2.24) is 5.32 Å². The van der Waals surface area contributed by atoms with Crippen LogP contribution in [0.5, 0.6) is 5.75 Å². The van der Waals surface area contributed by atoms with E-state index >= 15 is 9.59 Å². The van der Waals surface area contributed by atoms with E-state index in [1.165, 1.54) is 52.0 Å². The van der Waals surface area contributed by atoms with Crippen molar-refractivity contribution in [2.75, 3.05) is 6.61 Å². The molecule has 22 heteroatoms. The van der Waals surface area contributed by atoms with Crippen molar-refractivity contribution < 1.29 is 91.0 Å². The summed E-state index contributed by atoms with van der Waals surface area (Å²) in [5.74, 6) is -8.05. The molecule has 1 amide bonds. The number of fused-ring (bicyclic) bond motifs is 5. The fourth-order valence-electron chi connectivity index (χ4n) is 12.2. The number of aliphatic hydroxyl groups is 1. The molecule has 2 bridgehead atoms. The molecule has 11 atom stereocenters. The summed E-state index contributed by atoms with van der Waals surface area (Å²) in [6.45, 7) is 7.08. The van der Waals surface area contributed by atoms with Crippen molar-refractivity contribution in [3.05, 3.63) is 189 Å². The van der Waals surface area contributed by atoms with E-state index in [-0.39, 0.29) is 45.9 Å². The Balaban J connectivity index is 1.20. The van der Waals surface area contributed by atoms with E-state index in [2.05, 4.69) is 5.32 Å². The van der Waals surface area contributed by atoms with Crippen LogP contribution in [0.15, 0.2) is 157 Å². The monoisotopic (exact) mass is 1150 g/mol. The summed E-state index contributed by atoms with van der Waals surface area (Å²) in [5.41, 5.74) is -8.38. The first-order valence-corrected chi connectivity index (χ1v) is 26.8. The third-order valence-corrected chi connectivity index (χ3v) is 16.3. The van der Waals surface area contributed by atoms with Crippen LogP contribution in [0.4, 0.5) is 15.3 Å². The molecule has 0 spiro atoms. The predicted molar refractivity (Wildman–Crippen MR) is 291 cm³/mol. The minimum atomic E-state index is -2.64. The van der Waals surface area contributed by atoms with Gasteiger partial charge in [0.2, 0.25) is 6.10 Å². The van der Waals surface area contributed by atoms with E-state index in [1.54, 1.807) is 97.1 Å². The zero-order valence-corrected chi connectivity index (χ0v) is 46.5. The van der Waals surface area contributed by atoms with Crippen LogP contribution in [-0.4, -0.2) is 112 Å². The number of nitro benzene ring substituents is 1. The molecular weight excluding hydrogens is 1090 g/mol. The highest BCUT2D eigenvalue weighted by Crippen LogP contribution is 2.65. The number of ether oxygens (including phenoxy) is 9. The summed E-state index contributed by atoms with van der Waals surface area (Å²) in [7, 11) is 0. The first-order valence-electron chi connectivity index (χ1n) is 26.8. The van der Waals surface area contributed by atoms with Gasteiger partial charge in [0, 0.05) is 49.8 Å². The number of nitrogens with zero attached hydrogens (tertiary/aromatic N) is 1. The maximum absolute atomic E-state index is 16.4. The molecule has 84 heavy (non-hydrogen) atoms. The third-order valence-electron chi connectivity index (χ3n) is 16.3. The molecule has 0 radical (unpaired) electrons. The highest BCUT2D eigenvalue weighted by atomic mass is 16.7. The number of carbonyl (C=O) groups excluding carboxylic acids is 8. The van der Waals surface area contributed by atoms with Crippen molar-refractivity contribution in [2.45, 2.75) is 115 Å². The van der Waals surface area contributed by atoms with Crippen LogP contribution in [0, 0.1) is 26.9 Å². The zero-order valence-electron chi connectivity index (χ0n) is 46.5. The normalized spacial score (nSPS) is 26.2. The number of benzene rings is 5. The van der Waals surface area contributed by atoms with Gasteiger partial charge in [-0.15, -0.1) is 0 Å². The molecule has 3 fully saturated rings. The Morgan fingerprint density at radius 1 is 0.750 bits per heavy atom. The maximum Gasteiger partial charge on any atom is 0.514 e. The molecule has 3 aliphatic carbocycles. The lowest BCUT2D eigenvalue weighted by Gasteiger charge is -2.67. The topological polar surface area (TPSA) is 295 Å². The summed E-state index contributed by atoms with van der Waals surface area (Å²) in [5, 5.41) is 28.5. The van der Waals surface area contributed by atoms with Gasteiger partial charge in [-0.3, -0.25) is 29.3 Å². The van der Waals surface area contributed by atoms with Crippen LogP contribution < -0.4 is 10.1 Å². The fraction of sp³-hybridized carbons (Fsp3) is 0.355.